The van der Waals surface area contributed by atoms with Crippen LogP contribution >= 0.6 is 0 Å². The molecule has 0 spiro atoms. The Bertz CT molecular complexity index is 519. The zero-order valence-corrected chi connectivity index (χ0v) is 12.2. The molecule has 2 aromatic rings. The van der Waals surface area contributed by atoms with Crippen LogP contribution in [0.3, 0.4) is 0 Å². The molecule has 0 amide bonds. The van der Waals surface area contributed by atoms with Crippen molar-refractivity contribution in [1.29, 1.82) is 0 Å². The summed E-state index contributed by atoms with van der Waals surface area (Å²) >= 11 is 0. The van der Waals surface area contributed by atoms with Gasteiger partial charge in [-0.3, -0.25) is 4.79 Å². The van der Waals surface area contributed by atoms with Crippen molar-refractivity contribution < 1.29 is 4.79 Å². The molecule has 2 aromatic carbocycles. The summed E-state index contributed by atoms with van der Waals surface area (Å²) in [5.74, 6) is 0.262. The molecule has 0 aromatic heterocycles. The zero-order chi connectivity index (χ0) is 13.7. The Balaban J connectivity index is 2.19. The van der Waals surface area contributed by atoms with Gasteiger partial charge in [0.15, 0.2) is 5.25 Å². The van der Waals surface area contributed by atoms with Crippen molar-refractivity contribution >= 4 is 16.7 Å². The first-order valence-electron chi connectivity index (χ1n) is 6.38. The lowest BCUT2D eigenvalue weighted by atomic mass is 10.0. The Morgan fingerprint density at radius 2 is 1.47 bits per heavy atom. The molecule has 19 heavy (non-hydrogen) atoms. The van der Waals surface area contributed by atoms with Gasteiger partial charge in [-0.05, 0) is 16.5 Å². The topological polar surface area (TPSA) is 17.1 Å². The number of hydrogen-bond donors (Lipinski definition) is 0. The van der Waals surface area contributed by atoms with E-state index in [2.05, 4.69) is 24.6 Å². The monoisotopic (exact) mass is 271 g/mol. The third kappa shape index (κ3) is 3.71. The molecule has 0 N–H and O–H groups in total. The lowest BCUT2D eigenvalue weighted by molar-refractivity contribution is 0.0988. The third-order valence-electron chi connectivity index (χ3n) is 3.18. The van der Waals surface area contributed by atoms with Crippen LogP contribution in [0.15, 0.2) is 60.7 Å². The van der Waals surface area contributed by atoms with E-state index in [1.807, 2.05) is 48.5 Å². The van der Waals surface area contributed by atoms with Gasteiger partial charge in [0, 0.05) is 12.0 Å². The minimum atomic E-state index is 0.0660. The zero-order valence-electron chi connectivity index (χ0n) is 11.4. The molecule has 1 nitrogen and oxygen atoms in total. The molecular formula is C17H19OS+. The van der Waals surface area contributed by atoms with Crippen molar-refractivity contribution in [1.82, 2.24) is 0 Å². The van der Waals surface area contributed by atoms with E-state index in [0.29, 0.717) is 0 Å². The Kier molecular flexibility index (Phi) is 4.80. The lowest BCUT2D eigenvalue weighted by Gasteiger charge is -2.13. The first kappa shape index (κ1) is 13.9. The molecule has 0 radical (unpaired) electrons. The second kappa shape index (κ2) is 6.58. The average molecular weight is 271 g/mol. The summed E-state index contributed by atoms with van der Waals surface area (Å²) in [5, 5.41) is 0.0739. The van der Waals surface area contributed by atoms with Gasteiger partial charge in [0.25, 0.3) is 0 Å². The van der Waals surface area contributed by atoms with Gasteiger partial charge < -0.3 is 0 Å². The van der Waals surface area contributed by atoms with E-state index in [0.717, 1.165) is 12.0 Å². The average Bonchev–Trinajstić information content (AvgIpc) is 2.46. The number of hydrogen-bond acceptors (Lipinski definition) is 1. The van der Waals surface area contributed by atoms with Crippen LogP contribution in [0.25, 0.3) is 0 Å². The van der Waals surface area contributed by atoms with Crippen LogP contribution in [-0.2, 0) is 17.3 Å². The van der Waals surface area contributed by atoms with Crippen LogP contribution in [0, 0.1) is 0 Å². The summed E-state index contributed by atoms with van der Waals surface area (Å²) in [5.41, 5.74) is 2.06. The van der Waals surface area contributed by atoms with Gasteiger partial charge in [0.1, 0.15) is 0 Å². The van der Waals surface area contributed by atoms with Gasteiger partial charge in [0.2, 0.25) is 5.78 Å². The highest BCUT2D eigenvalue weighted by atomic mass is 32.2. The van der Waals surface area contributed by atoms with Gasteiger partial charge >= 0.3 is 0 Å². The summed E-state index contributed by atoms with van der Waals surface area (Å²) in [6.45, 7) is 0. The maximum atomic E-state index is 12.6. The summed E-state index contributed by atoms with van der Waals surface area (Å²) in [4.78, 5) is 12.6. The highest BCUT2D eigenvalue weighted by Crippen LogP contribution is 2.15. The quantitative estimate of drug-likeness (QED) is 0.602. The standard InChI is InChI=1S/C17H19OS/c1-19(2)16(13-14-9-5-3-6-10-14)17(18)15-11-7-4-8-12-15/h3-12,16H,13H2,1-2H3/q+1. The fourth-order valence-electron chi connectivity index (χ4n) is 2.09. The van der Waals surface area contributed by atoms with Gasteiger partial charge in [-0.2, -0.15) is 0 Å². The van der Waals surface area contributed by atoms with Crippen molar-refractivity contribution in [3.05, 3.63) is 71.8 Å². The smallest absolute Gasteiger partial charge is 0.215 e. The number of carbonyl (C=O) groups excluding carboxylic acids is 1. The second-order valence-corrected chi connectivity index (χ2v) is 7.12. The fraction of sp³-hybridized carbons (Fsp3) is 0.235. The summed E-state index contributed by atoms with van der Waals surface area (Å²) in [6.07, 6.45) is 5.12. The minimum absolute atomic E-state index is 0.0660. The van der Waals surface area contributed by atoms with E-state index in [1.165, 1.54) is 5.56 Å². The van der Waals surface area contributed by atoms with Gasteiger partial charge in [-0.25, -0.2) is 0 Å². The minimum Gasteiger partial charge on any atom is -0.288 e. The van der Waals surface area contributed by atoms with E-state index in [9.17, 15) is 4.79 Å². The number of carbonyl (C=O) groups is 1. The first-order valence-corrected chi connectivity index (χ1v) is 8.48. The maximum absolute atomic E-state index is 12.6. The number of rotatable bonds is 5. The highest BCUT2D eigenvalue weighted by molar-refractivity contribution is 7.96. The van der Waals surface area contributed by atoms with Gasteiger partial charge in [-0.1, -0.05) is 60.7 Å². The summed E-state index contributed by atoms with van der Waals surface area (Å²) in [6, 6.07) is 19.9. The van der Waals surface area contributed by atoms with E-state index in [1.54, 1.807) is 0 Å². The molecule has 98 valence electrons. The Hall–Kier alpha value is -1.54. The highest BCUT2D eigenvalue weighted by Gasteiger charge is 2.30. The molecular weight excluding hydrogens is 252 g/mol. The molecule has 0 fully saturated rings. The molecule has 0 bridgehead atoms. The Labute approximate surface area is 118 Å². The first-order chi connectivity index (χ1) is 9.18. The van der Waals surface area contributed by atoms with E-state index in [4.69, 9.17) is 0 Å². The van der Waals surface area contributed by atoms with Crippen molar-refractivity contribution in [2.75, 3.05) is 12.5 Å². The molecule has 0 saturated heterocycles. The van der Waals surface area contributed by atoms with Crippen LogP contribution in [0.2, 0.25) is 0 Å². The van der Waals surface area contributed by atoms with Crippen LogP contribution in [0.1, 0.15) is 15.9 Å². The molecule has 1 atom stereocenters. The van der Waals surface area contributed by atoms with E-state index >= 15 is 0 Å². The van der Waals surface area contributed by atoms with Crippen LogP contribution in [0.5, 0.6) is 0 Å². The van der Waals surface area contributed by atoms with Crippen LogP contribution in [0.4, 0.5) is 0 Å². The van der Waals surface area contributed by atoms with E-state index < -0.39 is 0 Å². The van der Waals surface area contributed by atoms with Gasteiger partial charge in [-0.15, -0.1) is 0 Å². The fourth-order valence-corrected chi connectivity index (χ4v) is 3.18. The molecule has 2 rings (SSSR count). The second-order valence-electron chi connectivity index (χ2n) is 4.79. The molecule has 0 aliphatic rings. The Morgan fingerprint density at radius 1 is 0.947 bits per heavy atom. The molecule has 0 heterocycles. The predicted octanol–water partition coefficient (Wildman–Crippen LogP) is 3.36. The molecule has 0 aliphatic heterocycles. The Morgan fingerprint density at radius 3 is 2.00 bits per heavy atom. The summed E-state index contributed by atoms with van der Waals surface area (Å²) in [7, 11) is 0.0660. The summed E-state index contributed by atoms with van der Waals surface area (Å²) < 4.78 is 0. The number of benzene rings is 2. The number of ketones is 1. The lowest BCUT2D eigenvalue weighted by Crippen LogP contribution is -2.31. The van der Waals surface area contributed by atoms with Crippen molar-refractivity contribution in [2.24, 2.45) is 0 Å². The maximum Gasteiger partial charge on any atom is 0.215 e. The molecule has 1 unspecified atom stereocenters. The largest absolute Gasteiger partial charge is 0.288 e. The normalized spacial score (nSPS) is 12.4. The number of Topliss-reactive ketones (excluding diaryl/α,β-unsaturated/α-hetero) is 1. The van der Waals surface area contributed by atoms with Crippen molar-refractivity contribution in [3.63, 3.8) is 0 Å². The predicted molar refractivity (Wildman–Crippen MR) is 83.9 cm³/mol. The van der Waals surface area contributed by atoms with Gasteiger partial charge in [0.05, 0.1) is 12.5 Å². The van der Waals surface area contributed by atoms with Crippen LogP contribution in [-0.4, -0.2) is 23.5 Å². The van der Waals surface area contributed by atoms with Crippen molar-refractivity contribution in [3.8, 4) is 0 Å². The van der Waals surface area contributed by atoms with Crippen LogP contribution < -0.4 is 0 Å². The van der Waals surface area contributed by atoms with Crippen molar-refractivity contribution in [2.45, 2.75) is 11.7 Å². The molecule has 0 aliphatic carbocycles. The molecule has 0 saturated carbocycles. The SMILES string of the molecule is C[S+](C)C(Cc1ccccc1)C(=O)c1ccccc1. The third-order valence-corrected chi connectivity index (χ3v) is 4.70. The van der Waals surface area contributed by atoms with E-state index in [-0.39, 0.29) is 21.9 Å². The molecule has 2 heteroatoms.